The maximum absolute atomic E-state index is 12.5. The van der Waals surface area contributed by atoms with Crippen LogP contribution in [0.1, 0.15) is 18.1 Å². The molecule has 2 aromatic rings. The summed E-state index contributed by atoms with van der Waals surface area (Å²) < 4.78 is 16.0. The van der Waals surface area contributed by atoms with Crippen molar-refractivity contribution >= 4 is 12.0 Å². The number of fused-ring (bicyclic) bond motifs is 1. The van der Waals surface area contributed by atoms with E-state index in [2.05, 4.69) is 0 Å². The van der Waals surface area contributed by atoms with E-state index in [1.165, 1.54) is 0 Å². The Labute approximate surface area is 147 Å². The Morgan fingerprint density at radius 3 is 2.80 bits per heavy atom. The SMILES string of the molecule is CCN(Cc1ccc2c(c1)OCO2)C(=O)/C=C/c1ccccc1OC. The van der Waals surface area contributed by atoms with E-state index in [0.29, 0.717) is 13.1 Å². The minimum absolute atomic E-state index is 0.0499. The molecule has 1 aliphatic rings. The van der Waals surface area contributed by atoms with Gasteiger partial charge in [0.1, 0.15) is 5.75 Å². The fraction of sp³-hybridized carbons (Fsp3) is 0.250. The summed E-state index contributed by atoms with van der Waals surface area (Å²) in [6, 6.07) is 13.3. The maximum atomic E-state index is 12.5. The van der Waals surface area contributed by atoms with E-state index in [1.54, 1.807) is 24.2 Å². The number of amides is 1. The van der Waals surface area contributed by atoms with Gasteiger partial charge in [-0.1, -0.05) is 24.3 Å². The monoisotopic (exact) mass is 339 g/mol. The molecule has 5 heteroatoms. The maximum Gasteiger partial charge on any atom is 0.246 e. The van der Waals surface area contributed by atoms with E-state index in [0.717, 1.165) is 28.4 Å². The fourth-order valence-electron chi connectivity index (χ4n) is 2.68. The van der Waals surface area contributed by atoms with Crippen LogP contribution in [0.5, 0.6) is 17.2 Å². The van der Waals surface area contributed by atoms with Crippen LogP contribution >= 0.6 is 0 Å². The Morgan fingerprint density at radius 2 is 2.00 bits per heavy atom. The van der Waals surface area contributed by atoms with Crippen LogP contribution in [-0.4, -0.2) is 31.3 Å². The van der Waals surface area contributed by atoms with Crippen molar-refractivity contribution in [3.05, 3.63) is 59.7 Å². The molecular formula is C20H21NO4. The largest absolute Gasteiger partial charge is 0.496 e. The smallest absolute Gasteiger partial charge is 0.246 e. The second kappa shape index (κ2) is 7.75. The minimum atomic E-state index is -0.0499. The van der Waals surface area contributed by atoms with Crippen molar-refractivity contribution in [1.82, 2.24) is 4.90 Å². The van der Waals surface area contributed by atoms with Crippen LogP contribution in [-0.2, 0) is 11.3 Å². The zero-order chi connectivity index (χ0) is 17.6. The third-order valence-corrected chi connectivity index (χ3v) is 4.05. The van der Waals surface area contributed by atoms with Gasteiger partial charge in [-0.25, -0.2) is 0 Å². The molecule has 0 fully saturated rings. The molecule has 0 aliphatic carbocycles. The lowest BCUT2D eigenvalue weighted by molar-refractivity contribution is -0.126. The van der Waals surface area contributed by atoms with Crippen LogP contribution in [0.3, 0.4) is 0 Å². The summed E-state index contributed by atoms with van der Waals surface area (Å²) in [5.41, 5.74) is 1.88. The predicted molar refractivity (Wildman–Crippen MR) is 95.7 cm³/mol. The fourth-order valence-corrected chi connectivity index (χ4v) is 2.68. The highest BCUT2D eigenvalue weighted by atomic mass is 16.7. The lowest BCUT2D eigenvalue weighted by Gasteiger charge is -2.19. The molecule has 1 heterocycles. The van der Waals surface area contributed by atoms with Gasteiger partial charge in [0.2, 0.25) is 12.7 Å². The van der Waals surface area contributed by atoms with E-state index in [1.807, 2.05) is 49.4 Å². The van der Waals surface area contributed by atoms with E-state index >= 15 is 0 Å². The Hall–Kier alpha value is -2.95. The van der Waals surface area contributed by atoms with Gasteiger partial charge in [0.05, 0.1) is 7.11 Å². The molecule has 25 heavy (non-hydrogen) atoms. The summed E-state index contributed by atoms with van der Waals surface area (Å²) >= 11 is 0. The summed E-state index contributed by atoms with van der Waals surface area (Å²) in [5.74, 6) is 2.16. The summed E-state index contributed by atoms with van der Waals surface area (Å²) in [4.78, 5) is 14.3. The molecule has 0 unspecified atom stereocenters. The van der Waals surface area contributed by atoms with Gasteiger partial charge in [0.25, 0.3) is 0 Å². The summed E-state index contributed by atoms with van der Waals surface area (Å²) in [6.07, 6.45) is 3.36. The van der Waals surface area contributed by atoms with Crippen LogP contribution < -0.4 is 14.2 Å². The highest BCUT2D eigenvalue weighted by molar-refractivity contribution is 5.92. The van der Waals surface area contributed by atoms with Crippen LogP contribution in [0.2, 0.25) is 0 Å². The third kappa shape index (κ3) is 3.94. The molecule has 0 bridgehead atoms. The van der Waals surface area contributed by atoms with Gasteiger partial charge in [-0.05, 0) is 36.8 Å². The number of hydrogen-bond acceptors (Lipinski definition) is 4. The Morgan fingerprint density at radius 1 is 1.20 bits per heavy atom. The first kappa shape index (κ1) is 16.9. The molecule has 0 N–H and O–H groups in total. The van der Waals surface area contributed by atoms with Crippen molar-refractivity contribution in [2.75, 3.05) is 20.4 Å². The number of para-hydroxylation sites is 1. The molecule has 130 valence electrons. The number of benzene rings is 2. The van der Waals surface area contributed by atoms with Crippen LogP contribution in [0.25, 0.3) is 6.08 Å². The molecule has 5 nitrogen and oxygen atoms in total. The first-order chi connectivity index (χ1) is 12.2. The van der Waals surface area contributed by atoms with Crippen LogP contribution in [0.15, 0.2) is 48.5 Å². The molecule has 0 saturated carbocycles. The van der Waals surface area contributed by atoms with Crippen molar-refractivity contribution in [3.63, 3.8) is 0 Å². The Bertz CT molecular complexity index is 785. The summed E-state index contributed by atoms with van der Waals surface area (Å²) in [6.45, 7) is 3.34. The van der Waals surface area contributed by atoms with Gasteiger partial charge in [-0.2, -0.15) is 0 Å². The highest BCUT2D eigenvalue weighted by Gasteiger charge is 2.15. The standard InChI is InChI=1S/C20H21NO4/c1-3-21(13-15-8-10-18-19(12-15)25-14-24-18)20(22)11-9-16-6-4-5-7-17(16)23-2/h4-12H,3,13-14H2,1-2H3/b11-9+. The summed E-state index contributed by atoms with van der Waals surface area (Å²) in [7, 11) is 1.62. The molecule has 2 aromatic carbocycles. The molecule has 0 spiro atoms. The number of rotatable bonds is 6. The van der Waals surface area contributed by atoms with Gasteiger partial charge in [0, 0.05) is 24.7 Å². The predicted octanol–water partition coefficient (Wildman–Crippen LogP) is 3.49. The molecule has 3 rings (SSSR count). The van der Waals surface area contributed by atoms with Crippen LogP contribution in [0.4, 0.5) is 0 Å². The van der Waals surface area contributed by atoms with Crippen molar-refractivity contribution < 1.29 is 19.0 Å². The zero-order valence-electron chi connectivity index (χ0n) is 14.4. The molecule has 1 aliphatic heterocycles. The quantitative estimate of drug-likeness (QED) is 0.756. The average molecular weight is 339 g/mol. The van der Waals surface area contributed by atoms with Crippen molar-refractivity contribution in [2.45, 2.75) is 13.5 Å². The van der Waals surface area contributed by atoms with Crippen LogP contribution in [0, 0.1) is 0 Å². The van der Waals surface area contributed by atoms with Gasteiger partial charge in [-0.15, -0.1) is 0 Å². The number of methoxy groups -OCH3 is 1. The normalized spacial score (nSPS) is 12.4. The molecule has 1 amide bonds. The number of carbonyl (C=O) groups excluding carboxylic acids is 1. The van der Waals surface area contributed by atoms with Gasteiger partial charge in [-0.3, -0.25) is 4.79 Å². The van der Waals surface area contributed by atoms with Gasteiger partial charge < -0.3 is 19.1 Å². The highest BCUT2D eigenvalue weighted by Crippen LogP contribution is 2.32. The topological polar surface area (TPSA) is 48.0 Å². The Kier molecular flexibility index (Phi) is 5.23. The Balaban J connectivity index is 1.70. The van der Waals surface area contributed by atoms with E-state index in [4.69, 9.17) is 14.2 Å². The summed E-state index contributed by atoms with van der Waals surface area (Å²) in [5, 5.41) is 0. The lowest BCUT2D eigenvalue weighted by atomic mass is 10.1. The van der Waals surface area contributed by atoms with E-state index in [9.17, 15) is 4.79 Å². The number of likely N-dealkylation sites (N-methyl/N-ethyl adjacent to an activating group) is 1. The number of hydrogen-bond donors (Lipinski definition) is 0. The zero-order valence-corrected chi connectivity index (χ0v) is 14.4. The van der Waals surface area contributed by atoms with E-state index < -0.39 is 0 Å². The first-order valence-electron chi connectivity index (χ1n) is 8.19. The van der Waals surface area contributed by atoms with Gasteiger partial charge >= 0.3 is 0 Å². The second-order valence-corrected chi connectivity index (χ2v) is 5.62. The second-order valence-electron chi connectivity index (χ2n) is 5.62. The average Bonchev–Trinajstić information content (AvgIpc) is 3.12. The molecule has 0 atom stereocenters. The number of ether oxygens (including phenoxy) is 3. The number of carbonyl (C=O) groups is 1. The van der Waals surface area contributed by atoms with Crippen molar-refractivity contribution in [1.29, 1.82) is 0 Å². The molecule has 0 aromatic heterocycles. The van der Waals surface area contributed by atoms with E-state index in [-0.39, 0.29) is 12.7 Å². The van der Waals surface area contributed by atoms with Gasteiger partial charge in [0.15, 0.2) is 11.5 Å². The lowest BCUT2D eigenvalue weighted by Crippen LogP contribution is -2.28. The van der Waals surface area contributed by atoms with Crippen molar-refractivity contribution in [3.8, 4) is 17.2 Å². The minimum Gasteiger partial charge on any atom is -0.496 e. The van der Waals surface area contributed by atoms with Crippen molar-refractivity contribution in [2.24, 2.45) is 0 Å². The first-order valence-corrected chi connectivity index (χ1v) is 8.19. The molecule has 0 saturated heterocycles. The molecule has 0 radical (unpaired) electrons. The third-order valence-electron chi connectivity index (χ3n) is 4.05. The number of nitrogens with zero attached hydrogens (tertiary/aromatic N) is 1. The molecular weight excluding hydrogens is 318 g/mol.